The third-order valence-electron chi connectivity index (χ3n) is 7.87. The third-order valence-corrected chi connectivity index (χ3v) is 7.87. The molecule has 104 valence electrons. The number of hydrogen-bond acceptors (Lipinski definition) is 0. The van der Waals surface area contributed by atoms with Crippen LogP contribution in [0.5, 0.6) is 0 Å². The van der Waals surface area contributed by atoms with E-state index in [1.165, 1.54) is 25.7 Å². The van der Waals surface area contributed by atoms with E-state index in [4.69, 9.17) is 0 Å². The maximum absolute atomic E-state index is 2.62. The van der Waals surface area contributed by atoms with Crippen molar-refractivity contribution in [1.82, 2.24) is 0 Å². The van der Waals surface area contributed by atoms with Crippen molar-refractivity contribution in [1.29, 1.82) is 0 Å². The van der Waals surface area contributed by atoms with E-state index >= 15 is 0 Å². The van der Waals surface area contributed by atoms with Crippen LogP contribution in [-0.4, -0.2) is 0 Å². The molecule has 0 nitrogen and oxygen atoms in total. The molecule has 0 aromatic heterocycles. The standard InChI is InChI=1S/C19H28/c1-2-4-13(5-3-1)11-19-9-8-16(12-19)17-14-6-7-15(10-14)18(17)19/h6-7,13-18H,1-5,8-12H2. The molecule has 0 aromatic carbocycles. The van der Waals surface area contributed by atoms with Crippen molar-refractivity contribution in [2.24, 2.45) is 40.9 Å². The second-order valence-corrected chi connectivity index (χ2v) is 8.62. The van der Waals surface area contributed by atoms with E-state index < -0.39 is 0 Å². The lowest BCUT2D eigenvalue weighted by molar-refractivity contribution is 0.0786. The molecule has 5 aliphatic carbocycles. The summed E-state index contributed by atoms with van der Waals surface area (Å²) in [5.41, 5.74) is 0.821. The second kappa shape index (κ2) is 3.89. The Morgan fingerprint density at radius 3 is 2.68 bits per heavy atom. The topological polar surface area (TPSA) is 0 Å². The highest BCUT2D eigenvalue weighted by atomic mass is 14.7. The monoisotopic (exact) mass is 256 g/mol. The van der Waals surface area contributed by atoms with Gasteiger partial charge in [0.2, 0.25) is 0 Å². The number of hydrogen-bond donors (Lipinski definition) is 0. The minimum absolute atomic E-state index is 0.821. The lowest BCUT2D eigenvalue weighted by Gasteiger charge is -2.43. The highest BCUT2D eigenvalue weighted by Crippen LogP contribution is 2.72. The lowest BCUT2D eigenvalue weighted by Crippen LogP contribution is -2.35. The van der Waals surface area contributed by atoms with Crippen LogP contribution < -0.4 is 0 Å². The van der Waals surface area contributed by atoms with Gasteiger partial charge in [0.15, 0.2) is 0 Å². The van der Waals surface area contributed by atoms with E-state index in [2.05, 4.69) is 12.2 Å². The van der Waals surface area contributed by atoms with Crippen LogP contribution in [0.25, 0.3) is 0 Å². The molecule has 6 unspecified atom stereocenters. The Kier molecular flexibility index (Phi) is 2.34. The normalized spacial score (nSPS) is 55.1. The van der Waals surface area contributed by atoms with Crippen LogP contribution in [0, 0.1) is 40.9 Å². The molecule has 4 bridgehead atoms. The Morgan fingerprint density at radius 1 is 0.947 bits per heavy atom. The first-order valence-electron chi connectivity index (χ1n) is 9.04. The quantitative estimate of drug-likeness (QED) is 0.471. The van der Waals surface area contributed by atoms with Crippen LogP contribution in [-0.2, 0) is 0 Å². The van der Waals surface area contributed by atoms with Gasteiger partial charge in [0.25, 0.3) is 0 Å². The van der Waals surface area contributed by atoms with Gasteiger partial charge in [0.1, 0.15) is 0 Å². The van der Waals surface area contributed by atoms with Crippen molar-refractivity contribution in [2.45, 2.75) is 64.2 Å². The summed E-state index contributed by atoms with van der Waals surface area (Å²) in [7, 11) is 0. The molecule has 0 spiro atoms. The van der Waals surface area contributed by atoms with E-state index in [1.54, 1.807) is 38.5 Å². The van der Waals surface area contributed by atoms with Crippen LogP contribution in [0.2, 0.25) is 0 Å². The van der Waals surface area contributed by atoms with Crippen molar-refractivity contribution < 1.29 is 0 Å². The molecule has 5 rings (SSSR count). The zero-order chi connectivity index (χ0) is 12.4. The summed E-state index contributed by atoms with van der Waals surface area (Å²) < 4.78 is 0. The van der Waals surface area contributed by atoms with Gasteiger partial charge >= 0.3 is 0 Å². The molecule has 0 saturated heterocycles. The van der Waals surface area contributed by atoms with E-state index in [9.17, 15) is 0 Å². The molecule has 0 amide bonds. The first kappa shape index (κ1) is 11.4. The summed E-state index contributed by atoms with van der Waals surface area (Å²) in [6.45, 7) is 0. The van der Waals surface area contributed by atoms with E-state index in [0.717, 1.165) is 40.9 Å². The van der Waals surface area contributed by atoms with E-state index in [-0.39, 0.29) is 0 Å². The van der Waals surface area contributed by atoms with Crippen molar-refractivity contribution in [2.75, 3.05) is 0 Å². The molecule has 0 aromatic rings. The van der Waals surface area contributed by atoms with Crippen molar-refractivity contribution >= 4 is 0 Å². The second-order valence-electron chi connectivity index (χ2n) is 8.62. The van der Waals surface area contributed by atoms with Crippen LogP contribution in [0.4, 0.5) is 0 Å². The third kappa shape index (κ3) is 1.47. The van der Waals surface area contributed by atoms with Crippen LogP contribution in [0.1, 0.15) is 64.2 Å². The molecule has 19 heavy (non-hydrogen) atoms. The Labute approximate surface area is 118 Å². The van der Waals surface area contributed by atoms with Gasteiger partial charge in [-0.25, -0.2) is 0 Å². The van der Waals surface area contributed by atoms with Crippen molar-refractivity contribution in [3.05, 3.63) is 12.2 Å². The molecule has 0 heterocycles. The molecule has 6 atom stereocenters. The zero-order valence-corrected chi connectivity index (χ0v) is 12.2. The Balaban J connectivity index is 1.43. The summed E-state index contributed by atoms with van der Waals surface area (Å²) in [6, 6.07) is 0. The van der Waals surface area contributed by atoms with Gasteiger partial charge in [0, 0.05) is 0 Å². The fourth-order valence-electron chi connectivity index (χ4n) is 7.48. The number of rotatable bonds is 2. The predicted molar refractivity (Wildman–Crippen MR) is 78.7 cm³/mol. The SMILES string of the molecule is C1=CC2CC1C1C3CCC(CC4CCCCC4)(C3)C21. The average Bonchev–Trinajstić information content (AvgIpc) is 3.18. The molecule has 0 radical (unpaired) electrons. The summed E-state index contributed by atoms with van der Waals surface area (Å²) in [5, 5.41) is 0. The smallest absolute Gasteiger partial charge is 0.0191 e. The number of fused-ring (bicyclic) bond motifs is 9. The molecule has 4 saturated carbocycles. The minimum atomic E-state index is 0.821. The maximum atomic E-state index is 2.62. The van der Waals surface area contributed by atoms with Crippen LogP contribution in [0.3, 0.4) is 0 Å². The first-order chi connectivity index (χ1) is 9.36. The van der Waals surface area contributed by atoms with Gasteiger partial charge in [-0.2, -0.15) is 0 Å². The predicted octanol–water partition coefficient (Wildman–Crippen LogP) is 5.20. The lowest BCUT2D eigenvalue weighted by atomic mass is 9.62. The number of allylic oxidation sites excluding steroid dienone is 2. The van der Waals surface area contributed by atoms with Crippen molar-refractivity contribution in [3.63, 3.8) is 0 Å². The van der Waals surface area contributed by atoms with E-state index in [0.29, 0.717) is 0 Å². The van der Waals surface area contributed by atoms with Gasteiger partial charge in [-0.15, -0.1) is 0 Å². The Morgan fingerprint density at radius 2 is 1.79 bits per heavy atom. The Hall–Kier alpha value is -0.260. The summed E-state index contributed by atoms with van der Waals surface area (Å²) in [6.07, 6.45) is 20.9. The van der Waals surface area contributed by atoms with Gasteiger partial charge in [0.05, 0.1) is 0 Å². The molecule has 0 N–H and O–H groups in total. The highest BCUT2D eigenvalue weighted by molar-refractivity contribution is 5.23. The average molecular weight is 256 g/mol. The van der Waals surface area contributed by atoms with Crippen LogP contribution >= 0.6 is 0 Å². The molecular weight excluding hydrogens is 228 g/mol. The fraction of sp³-hybridized carbons (Fsp3) is 0.895. The fourth-order valence-corrected chi connectivity index (χ4v) is 7.48. The maximum Gasteiger partial charge on any atom is -0.0191 e. The molecule has 4 fully saturated rings. The van der Waals surface area contributed by atoms with Gasteiger partial charge in [-0.1, -0.05) is 44.3 Å². The Bertz CT molecular complexity index is 402. The molecule has 0 heteroatoms. The summed E-state index contributed by atoms with van der Waals surface area (Å²) in [4.78, 5) is 0. The molecule has 5 aliphatic rings. The molecule has 0 aliphatic heterocycles. The largest absolute Gasteiger partial charge is 0.0848 e. The summed E-state index contributed by atoms with van der Waals surface area (Å²) in [5.74, 6) is 6.51. The highest BCUT2D eigenvalue weighted by Gasteiger charge is 2.64. The minimum Gasteiger partial charge on any atom is -0.0848 e. The van der Waals surface area contributed by atoms with Crippen molar-refractivity contribution in [3.8, 4) is 0 Å². The summed E-state index contributed by atoms with van der Waals surface area (Å²) >= 11 is 0. The zero-order valence-electron chi connectivity index (χ0n) is 12.2. The first-order valence-corrected chi connectivity index (χ1v) is 9.04. The van der Waals surface area contributed by atoms with Gasteiger partial charge in [-0.3, -0.25) is 0 Å². The van der Waals surface area contributed by atoms with Crippen LogP contribution in [0.15, 0.2) is 12.2 Å². The molecular formula is C19H28. The van der Waals surface area contributed by atoms with Gasteiger partial charge < -0.3 is 0 Å². The van der Waals surface area contributed by atoms with Gasteiger partial charge in [-0.05, 0) is 73.0 Å². The van der Waals surface area contributed by atoms with E-state index in [1.807, 2.05) is 0 Å².